The van der Waals surface area contributed by atoms with Crippen molar-refractivity contribution in [2.75, 3.05) is 19.6 Å². The molecule has 6 nitrogen and oxygen atoms in total. The van der Waals surface area contributed by atoms with Gasteiger partial charge in [-0.3, -0.25) is 4.79 Å². The Labute approximate surface area is 157 Å². The van der Waals surface area contributed by atoms with Crippen molar-refractivity contribution in [2.24, 2.45) is 5.92 Å². The van der Waals surface area contributed by atoms with Gasteiger partial charge in [0.2, 0.25) is 0 Å². The summed E-state index contributed by atoms with van der Waals surface area (Å²) in [5.41, 5.74) is 1.86. The minimum Gasteiger partial charge on any atom is -0.348 e. The number of allylic oxidation sites excluding steroid dienone is 2. The molecular weight excluding hydrogens is 326 g/mol. The number of hydrogen-bond donors (Lipinski definition) is 1. The van der Waals surface area contributed by atoms with E-state index in [1.54, 1.807) is 0 Å². The van der Waals surface area contributed by atoms with Crippen molar-refractivity contribution in [1.29, 1.82) is 0 Å². The summed E-state index contributed by atoms with van der Waals surface area (Å²) in [6.45, 7) is 10.1. The third kappa shape index (κ3) is 5.66. The number of nitrogens with zero attached hydrogens (tertiary/aromatic N) is 4. The monoisotopic (exact) mass is 359 g/mol. The summed E-state index contributed by atoms with van der Waals surface area (Å²) in [6.07, 6.45) is 10.9. The molecule has 2 heterocycles. The summed E-state index contributed by atoms with van der Waals surface area (Å²) in [7, 11) is 0. The summed E-state index contributed by atoms with van der Waals surface area (Å²) < 4.78 is 1.90. The van der Waals surface area contributed by atoms with E-state index in [9.17, 15) is 4.79 Å². The molecule has 1 saturated carbocycles. The maximum absolute atomic E-state index is 12.1. The van der Waals surface area contributed by atoms with E-state index in [0.29, 0.717) is 17.8 Å². The Morgan fingerprint density at radius 1 is 1.31 bits per heavy atom. The zero-order chi connectivity index (χ0) is 18.5. The van der Waals surface area contributed by atoms with Gasteiger partial charge < -0.3 is 10.2 Å². The maximum atomic E-state index is 12.1. The van der Waals surface area contributed by atoms with E-state index in [1.807, 2.05) is 10.9 Å². The molecule has 0 aromatic carbocycles. The molecule has 2 fully saturated rings. The van der Waals surface area contributed by atoms with Crippen LogP contribution in [0.25, 0.3) is 0 Å². The predicted molar refractivity (Wildman–Crippen MR) is 103 cm³/mol. The lowest BCUT2D eigenvalue weighted by Gasteiger charge is -2.33. The number of rotatable bonds is 8. The van der Waals surface area contributed by atoms with E-state index in [0.717, 1.165) is 44.7 Å². The topological polar surface area (TPSA) is 63.1 Å². The van der Waals surface area contributed by atoms with Crippen LogP contribution in [0.15, 0.2) is 17.8 Å². The van der Waals surface area contributed by atoms with Crippen molar-refractivity contribution in [3.63, 3.8) is 0 Å². The summed E-state index contributed by atoms with van der Waals surface area (Å²) in [5, 5.41) is 11.3. The van der Waals surface area contributed by atoms with E-state index in [2.05, 4.69) is 47.4 Å². The summed E-state index contributed by atoms with van der Waals surface area (Å²) in [5.74, 6) is 0.646. The van der Waals surface area contributed by atoms with Gasteiger partial charge in [-0.1, -0.05) is 23.8 Å². The second-order valence-electron chi connectivity index (χ2n) is 8.33. The number of likely N-dealkylation sites (tertiary alicyclic amines) is 1. The number of hydrogen-bond acceptors (Lipinski definition) is 4. The van der Waals surface area contributed by atoms with Gasteiger partial charge >= 0.3 is 0 Å². The maximum Gasteiger partial charge on any atom is 0.273 e. The molecule has 1 aromatic heterocycles. The number of amides is 1. The predicted octanol–water partition coefficient (Wildman–Crippen LogP) is 3.19. The first kappa shape index (κ1) is 19.1. The number of aromatic nitrogens is 3. The molecule has 6 heteroatoms. The number of carbonyl (C=O) groups excluding carboxylic acids is 1. The van der Waals surface area contributed by atoms with Gasteiger partial charge in [0.15, 0.2) is 5.69 Å². The van der Waals surface area contributed by atoms with Crippen molar-refractivity contribution in [1.82, 2.24) is 25.2 Å². The van der Waals surface area contributed by atoms with E-state index in [4.69, 9.17) is 0 Å². The third-order valence-electron chi connectivity index (χ3n) is 5.37. The number of piperidine rings is 1. The summed E-state index contributed by atoms with van der Waals surface area (Å²) in [6, 6.07) is 0.719. The first-order valence-electron chi connectivity index (χ1n) is 10.1. The van der Waals surface area contributed by atoms with E-state index < -0.39 is 0 Å². The van der Waals surface area contributed by atoms with Gasteiger partial charge in [0.25, 0.3) is 5.91 Å². The highest BCUT2D eigenvalue weighted by atomic mass is 16.2. The van der Waals surface area contributed by atoms with Gasteiger partial charge in [-0.05, 0) is 58.3 Å². The van der Waals surface area contributed by atoms with Gasteiger partial charge in [-0.2, -0.15) is 0 Å². The van der Waals surface area contributed by atoms with Crippen LogP contribution in [-0.4, -0.2) is 51.5 Å². The SMILES string of the molecule is CC(C)=CCCC(C)CN1CCC(n2cc(C(=O)NC3CC3)nn2)CC1. The first-order chi connectivity index (χ1) is 12.5. The van der Waals surface area contributed by atoms with Crippen LogP contribution in [0.5, 0.6) is 0 Å². The Morgan fingerprint density at radius 2 is 2.04 bits per heavy atom. The fourth-order valence-electron chi connectivity index (χ4n) is 3.60. The van der Waals surface area contributed by atoms with Crippen LogP contribution in [0.2, 0.25) is 0 Å². The third-order valence-corrected chi connectivity index (χ3v) is 5.37. The lowest BCUT2D eigenvalue weighted by molar-refractivity contribution is 0.0946. The summed E-state index contributed by atoms with van der Waals surface area (Å²) in [4.78, 5) is 14.6. The van der Waals surface area contributed by atoms with Gasteiger partial charge in [0.05, 0.1) is 12.2 Å². The van der Waals surface area contributed by atoms with Crippen molar-refractivity contribution < 1.29 is 4.79 Å². The molecule has 1 amide bonds. The molecular formula is C20H33N5O. The van der Waals surface area contributed by atoms with E-state index in [-0.39, 0.29) is 5.91 Å². The molecule has 1 unspecified atom stereocenters. The molecule has 3 rings (SSSR count). The van der Waals surface area contributed by atoms with Crippen LogP contribution >= 0.6 is 0 Å². The zero-order valence-corrected chi connectivity index (χ0v) is 16.4. The molecule has 144 valence electrons. The number of nitrogens with one attached hydrogen (secondary N) is 1. The van der Waals surface area contributed by atoms with E-state index in [1.165, 1.54) is 25.0 Å². The second-order valence-corrected chi connectivity index (χ2v) is 8.33. The quantitative estimate of drug-likeness (QED) is 0.724. The zero-order valence-electron chi connectivity index (χ0n) is 16.4. The molecule has 1 N–H and O–H groups in total. The standard InChI is InChI=1S/C20H33N5O/c1-15(2)5-4-6-16(3)13-24-11-9-18(10-12-24)25-14-19(22-23-25)20(26)21-17-7-8-17/h5,14,16-18H,4,6-13H2,1-3H3,(H,21,26). The molecule has 1 atom stereocenters. The summed E-state index contributed by atoms with van der Waals surface area (Å²) >= 11 is 0. The van der Waals surface area contributed by atoms with Crippen LogP contribution in [0.4, 0.5) is 0 Å². The molecule has 0 spiro atoms. The molecule has 1 aliphatic heterocycles. The molecule has 1 aliphatic carbocycles. The van der Waals surface area contributed by atoms with Crippen molar-refractivity contribution in [3.8, 4) is 0 Å². The Bertz CT molecular complexity index is 622. The van der Waals surface area contributed by atoms with Gasteiger partial charge in [-0.25, -0.2) is 4.68 Å². The molecule has 0 radical (unpaired) electrons. The highest BCUT2D eigenvalue weighted by Gasteiger charge is 2.26. The number of carbonyl (C=O) groups is 1. The molecule has 2 aliphatic rings. The highest BCUT2D eigenvalue weighted by Crippen LogP contribution is 2.23. The van der Waals surface area contributed by atoms with Crippen LogP contribution in [0.1, 0.15) is 75.8 Å². The molecule has 26 heavy (non-hydrogen) atoms. The van der Waals surface area contributed by atoms with Crippen molar-refractivity contribution in [2.45, 2.75) is 71.4 Å². The Hall–Kier alpha value is -1.69. The minimum atomic E-state index is -0.0821. The minimum absolute atomic E-state index is 0.0821. The van der Waals surface area contributed by atoms with E-state index >= 15 is 0 Å². The van der Waals surface area contributed by atoms with Gasteiger partial charge in [0, 0.05) is 25.7 Å². The average molecular weight is 360 g/mol. The van der Waals surface area contributed by atoms with Crippen LogP contribution in [0.3, 0.4) is 0 Å². The smallest absolute Gasteiger partial charge is 0.273 e. The fraction of sp³-hybridized carbons (Fsp3) is 0.750. The van der Waals surface area contributed by atoms with Crippen molar-refractivity contribution in [3.05, 3.63) is 23.5 Å². The first-order valence-corrected chi connectivity index (χ1v) is 10.1. The lowest BCUT2D eigenvalue weighted by Crippen LogP contribution is -2.37. The van der Waals surface area contributed by atoms with Gasteiger partial charge in [0.1, 0.15) is 0 Å². The van der Waals surface area contributed by atoms with Crippen LogP contribution in [-0.2, 0) is 0 Å². The van der Waals surface area contributed by atoms with Crippen molar-refractivity contribution >= 4 is 5.91 Å². The molecule has 0 bridgehead atoms. The van der Waals surface area contributed by atoms with Crippen LogP contribution < -0.4 is 5.32 Å². The Balaban J connectivity index is 1.41. The Morgan fingerprint density at radius 3 is 2.69 bits per heavy atom. The molecule has 1 saturated heterocycles. The Kier molecular flexibility index (Phi) is 6.46. The second kappa shape index (κ2) is 8.80. The highest BCUT2D eigenvalue weighted by molar-refractivity contribution is 5.92. The lowest BCUT2D eigenvalue weighted by atomic mass is 10.0. The van der Waals surface area contributed by atoms with Gasteiger partial charge in [-0.15, -0.1) is 5.10 Å². The normalized spacial score (nSPS) is 20.0. The molecule has 1 aromatic rings. The average Bonchev–Trinajstić information content (AvgIpc) is 3.27. The van der Waals surface area contributed by atoms with Crippen LogP contribution in [0, 0.1) is 5.92 Å². The fourth-order valence-corrected chi connectivity index (χ4v) is 3.60. The largest absolute Gasteiger partial charge is 0.348 e.